The van der Waals surface area contributed by atoms with Gasteiger partial charge in [-0.3, -0.25) is 9.36 Å². The lowest BCUT2D eigenvalue weighted by Gasteiger charge is -2.02. The summed E-state index contributed by atoms with van der Waals surface area (Å²) in [6.07, 6.45) is 2.10. The lowest BCUT2D eigenvalue weighted by molar-refractivity contribution is 0.279. The van der Waals surface area contributed by atoms with E-state index in [0.717, 1.165) is 16.5 Å². The van der Waals surface area contributed by atoms with Gasteiger partial charge in [0.1, 0.15) is 11.0 Å². The molecule has 0 aliphatic carbocycles. The number of aliphatic hydroxyl groups is 1. The van der Waals surface area contributed by atoms with Crippen LogP contribution in [0.1, 0.15) is 12.0 Å². The van der Waals surface area contributed by atoms with Gasteiger partial charge in [0.15, 0.2) is 0 Å². The summed E-state index contributed by atoms with van der Waals surface area (Å²) in [5.41, 5.74) is 3.21. The standard InChI is InChI=1S/C14H15N3O2/c1-9-3-4-11-10(7-9)12-13(16-11)14(19)17(8-15-12)5-2-6-18/h3-4,7-8,16,18H,2,5-6H2,1H3. The van der Waals surface area contributed by atoms with Crippen molar-refractivity contribution in [2.45, 2.75) is 19.9 Å². The van der Waals surface area contributed by atoms with Crippen molar-refractivity contribution in [1.82, 2.24) is 14.5 Å². The number of hydrogen-bond acceptors (Lipinski definition) is 3. The fourth-order valence-corrected chi connectivity index (χ4v) is 2.30. The van der Waals surface area contributed by atoms with Crippen LogP contribution >= 0.6 is 0 Å². The Morgan fingerprint density at radius 2 is 2.26 bits per heavy atom. The number of nitrogens with zero attached hydrogens (tertiary/aromatic N) is 2. The molecule has 5 nitrogen and oxygen atoms in total. The number of aromatic nitrogens is 3. The summed E-state index contributed by atoms with van der Waals surface area (Å²) in [6, 6.07) is 5.99. The Morgan fingerprint density at radius 3 is 3.05 bits per heavy atom. The minimum Gasteiger partial charge on any atom is -0.396 e. The molecule has 0 aliphatic rings. The number of H-pyrrole nitrogens is 1. The normalized spacial score (nSPS) is 11.5. The monoisotopic (exact) mass is 257 g/mol. The van der Waals surface area contributed by atoms with Crippen LogP contribution in [0.5, 0.6) is 0 Å². The van der Waals surface area contributed by atoms with Crippen molar-refractivity contribution < 1.29 is 5.11 Å². The summed E-state index contributed by atoms with van der Waals surface area (Å²) in [4.78, 5) is 19.8. The molecule has 3 rings (SSSR count). The van der Waals surface area contributed by atoms with Gasteiger partial charge in [-0.15, -0.1) is 0 Å². The Bertz CT molecular complexity index is 801. The first kappa shape index (κ1) is 11.9. The Hall–Kier alpha value is -2.14. The van der Waals surface area contributed by atoms with E-state index in [4.69, 9.17) is 5.11 Å². The van der Waals surface area contributed by atoms with E-state index in [-0.39, 0.29) is 12.2 Å². The van der Waals surface area contributed by atoms with E-state index in [9.17, 15) is 4.79 Å². The average molecular weight is 257 g/mol. The predicted octanol–water partition coefficient (Wildman–Crippen LogP) is 1.57. The van der Waals surface area contributed by atoms with Crippen LogP contribution in [0.3, 0.4) is 0 Å². The molecule has 1 aromatic carbocycles. The molecular formula is C14H15N3O2. The van der Waals surface area contributed by atoms with E-state index in [0.29, 0.717) is 24.0 Å². The van der Waals surface area contributed by atoms with Gasteiger partial charge in [0.05, 0.1) is 6.33 Å². The summed E-state index contributed by atoms with van der Waals surface area (Å²) in [6.45, 7) is 2.56. The zero-order valence-electron chi connectivity index (χ0n) is 10.7. The molecule has 0 bridgehead atoms. The summed E-state index contributed by atoms with van der Waals surface area (Å²) < 4.78 is 1.53. The summed E-state index contributed by atoms with van der Waals surface area (Å²) >= 11 is 0. The molecule has 0 fully saturated rings. The van der Waals surface area contributed by atoms with Gasteiger partial charge in [0.2, 0.25) is 0 Å². The molecule has 0 amide bonds. The molecule has 3 aromatic rings. The fraction of sp³-hybridized carbons (Fsp3) is 0.286. The van der Waals surface area contributed by atoms with Crippen molar-refractivity contribution in [1.29, 1.82) is 0 Å². The van der Waals surface area contributed by atoms with Crippen molar-refractivity contribution in [2.75, 3.05) is 6.61 Å². The van der Waals surface area contributed by atoms with E-state index in [1.165, 1.54) is 4.57 Å². The van der Waals surface area contributed by atoms with E-state index < -0.39 is 0 Å². The number of fused-ring (bicyclic) bond motifs is 3. The molecule has 0 unspecified atom stereocenters. The van der Waals surface area contributed by atoms with Crippen LogP contribution in [0.4, 0.5) is 0 Å². The molecule has 0 radical (unpaired) electrons. The predicted molar refractivity (Wildman–Crippen MR) is 74.3 cm³/mol. The molecular weight excluding hydrogens is 242 g/mol. The lowest BCUT2D eigenvalue weighted by Crippen LogP contribution is -2.21. The number of hydrogen-bond donors (Lipinski definition) is 2. The fourth-order valence-electron chi connectivity index (χ4n) is 2.30. The van der Waals surface area contributed by atoms with Crippen LogP contribution < -0.4 is 5.56 Å². The Morgan fingerprint density at radius 1 is 1.42 bits per heavy atom. The smallest absolute Gasteiger partial charge is 0.277 e. The van der Waals surface area contributed by atoms with E-state index in [2.05, 4.69) is 9.97 Å². The minimum atomic E-state index is -0.0905. The van der Waals surface area contributed by atoms with E-state index in [1.54, 1.807) is 6.33 Å². The van der Waals surface area contributed by atoms with Crippen LogP contribution in [0.2, 0.25) is 0 Å². The second-order valence-corrected chi connectivity index (χ2v) is 4.72. The number of rotatable bonds is 3. The largest absolute Gasteiger partial charge is 0.396 e. The summed E-state index contributed by atoms with van der Waals surface area (Å²) in [7, 11) is 0. The third kappa shape index (κ3) is 1.92. The van der Waals surface area contributed by atoms with Crippen LogP contribution in [-0.4, -0.2) is 26.2 Å². The Labute approximate surface area is 109 Å². The highest BCUT2D eigenvalue weighted by atomic mass is 16.3. The topological polar surface area (TPSA) is 70.9 Å². The first-order valence-corrected chi connectivity index (χ1v) is 6.29. The molecule has 98 valence electrons. The van der Waals surface area contributed by atoms with E-state index >= 15 is 0 Å². The average Bonchev–Trinajstić information content (AvgIpc) is 2.77. The molecule has 0 saturated heterocycles. The maximum Gasteiger partial charge on any atom is 0.277 e. The molecule has 0 saturated carbocycles. The third-order valence-corrected chi connectivity index (χ3v) is 3.28. The van der Waals surface area contributed by atoms with Crippen molar-refractivity contribution >= 4 is 21.9 Å². The van der Waals surface area contributed by atoms with Crippen LogP contribution in [-0.2, 0) is 6.54 Å². The van der Waals surface area contributed by atoms with Crippen LogP contribution in [0.25, 0.3) is 21.9 Å². The lowest BCUT2D eigenvalue weighted by atomic mass is 10.2. The van der Waals surface area contributed by atoms with Gasteiger partial charge in [-0.2, -0.15) is 0 Å². The number of benzene rings is 1. The maximum absolute atomic E-state index is 12.3. The molecule has 2 heterocycles. The highest BCUT2D eigenvalue weighted by Crippen LogP contribution is 2.22. The van der Waals surface area contributed by atoms with Gasteiger partial charge < -0.3 is 10.1 Å². The van der Waals surface area contributed by atoms with Crippen molar-refractivity contribution in [2.24, 2.45) is 0 Å². The zero-order valence-corrected chi connectivity index (χ0v) is 10.7. The first-order valence-electron chi connectivity index (χ1n) is 6.29. The van der Waals surface area contributed by atoms with Gasteiger partial charge >= 0.3 is 0 Å². The molecule has 0 spiro atoms. The number of aliphatic hydroxyl groups excluding tert-OH is 1. The molecule has 2 N–H and O–H groups in total. The van der Waals surface area contributed by atoms with Gasteiger partial charge in [-0.1, -0.05) is 11.6 Å². The van der Waals surface area contributed by atoms with Crippen LogP contribution in [0.15, 0.2) is 29.3 Å². The SMILES string of the molecule is Cc1ccc2[nH]c3c(=O)n(CCCO)cnc3c2c1. The van der Waals surface area contributed by atoms with Crippen molar-refractivity contribution in [3.05, 3.63) is 40.4 Å². The van der Waals surface area contributed by atoms with Gasteiger partial charge in [-0.25, -0.2) is 4.98 Å². The molecule has 0 aliphatic heterocycles. The molecule has 5 heteroatoms. The second-order valence-electron chi connectivity index (χ2n) is 4.72. The van der Waals surface area contributed by atoms with Crippen molar-refractivity contribution in [3.63, 3.8) is 0 Å². The molecule has 19 heavy (non-hydrogen) atoms. The highest BCUT2D eigenvalue weighted by Gasteiger charge is 2.10. The Kier molecular flexibility index (Phi) is 2.83. The summed E-state index contributed by atoms with van der Waals surface area (Å²) in [5.74, 6) is 0. The number of nitrogens with one attached hydrogen (secondary N) is 1. The third-order valence-electron chi connectivity index (χ3n) is 3.28. The van der Waals surface area contributed by atoms with Gasteiger partial charge in [0.25, 0.3) is 5.56 Å². The van der Waals surface area contributed by atoms with Gasteiger partial charge in [0, 0.05) is 24.1 Å². The quantitative estimate of drug-likeness (QED) is 0.748. The van der Waals surface area contributed by atoms with Crippen LogP contribution in [0, 0.1) is 6.92 Å². The number of aryl methyl sites for hydroxylation is 2. The van der Waals surface area contributed by atoms with Crippen molar-refractivity contribution in [3.8, 4) is 0 Å². The van der Waals surface area contributed by atoms with E-state index in [1.807, 2.05) is 25.1 Å². The number of aromatic amines is 1. The first-order chi connectivity index (χ1) is 9.20. The minimum absolute atomic E-state index is 0.0658. The molecule has 2 aromatic heterocycles. The zero-order chi connectivity index (χ0) is 13.4. The maximum atomic E-state index is 12.3. The Balaban J connectivity index is 2.26. The molecule has 0 atom stereocenters. The van der Waals surface area contributed by atoms with Gasteiger partial charge in [-0.05, 0) is 25.5 Å². The second kappa shape index (κ2) is 4.51. The summed E-state index contributed by atoms with van der Waals surface area (Å²) in [5, 5.41) is 9.81. The highest BCUT2D eigenvalue weighted by molar-refractivity contribution is 6.04.